The van der Waals surface area contributed by atoms with Crippen molar-refractivity contribution in [3.8, 4) is 0 Å². The number of amides is 1. The van der Waals surface area contributed by atoms with Crippen molar-refractivity contribution in [1.29, 1.82) is 0 Å². The van der Waals surface area contributed by atoms with Crippen molar-refractivity contribution >= 4 is 22.4 Å². The predicted octanol–water partition coefficient (Wildman–Crippen LogP) is 2.97. The highest BCUT2D eigenvalue weighted by molar-refractivity contribution is 7.13. The average Bonchev–Trinajstić information content (AvgIpc) is 2.98. The van der Waals surface area contributed by atoms with Crippen molar-refractivity contribution in [2.45, 2.75) is 39.7 Å². The molecule has 0 aromatic carbocycles. The largest absolute Gasteiger partial charge is 0.302 e. The molecule has 5 heteroatoms. The molecule has 1 aliphatic heterocycles. The summed E-state index contributed by atoms with van der Waals surface area (Å²) in [7, 11) is 0. The van der Waals surface area contributed by atoms with Crippen LogP contribution in [-0.2, 0) is 11.3 Å². The van der Waals surface area contributed by atoms with Gasteiger partial charge in [-0.1, -0.05) is 13.8 Å². The van der Waals surface area contributed by atoms with Gasteiger partial charge >= 0.3 is 0 Å². The van der Waals surface area contributed by atoms with Gasteiger partial charge in [-0.15, -0.1) is 11.3 Å². The quantitative estimate of drug-likeness (QED) is 0.928. The van der Waals surface area contributed by atoms with Crippen LogP contribution >= 0.6 is 11.3 Å². The van der Waals surface area contributed by atoms with Crippen LogP contribution in [0.2, 0.25) is 0 Å². The van der Waals surface area contributed by atoms with Crippen LogP contribution in [0, 0.1) is 17.8 Å². The summed E-state index contributed by atoms with van der Waals surface area (Å²) in [6.07, 6.45) is 3.65. The summed E-state index contributed by atoms with van der Waals surface area (Å²) in [5.41, 5.74) is 1.09. The van der Waals surface area contributed by atoms with Crippen LogP contribution in [0.25, 0.3) is 0 Å². The molecule has 20 heavy (non-hydrogen) atoms. The summed E-state index contributed by atoms with van der Waals surface area (Å²) in [5.74, 6) is 1.69. The monoisotopic (exact) mass is 293 g/mol. The van der Waals surface area contributed by atoms with Crippen LogP contribution in [0.4, 0.5) is 5.13 Å². The number of aromatic nitrogens is 1. The van der Waals surface area contributed by atoms with Gasteiger partial charge in [0.2, 0.25) is 5.91 Å². The second-order valence-corrected chi connectivity index (χ2v) is 7.29. The number of carbonyl (C=O) groups is 1. The van der Waals surface area contributed by atoms with Crippen molar-refractivity contribution in [2.24, 2.45) is 17.8 Å². The Balaban J connectivity index is 1.52. The molecule has 1 saturated heterocycles. The summed E-state index contributed by atoms with van der Waals surface area (Å²) in [5, 5.41) is 5.78. The Kier molecular flexibility index (Phi) is 4.08. The maximum absolute atomic E-state index is 11.9. The summed E-state index contributed by atoms with van der Waals surface area (Å²) in [6, 6.07) is 0. The molecule has 0 bridgehead atoms. The van der Waals surface area contributed by atoms with E-state index in [1.165, 1.54) is 25.9 Å². The molecule has 1 N–H and O–H groups in total. The number of rotatable bonds is 4. The normalized spacial score (nSPS) is 30.2. The zero-order valence-electron chi connectivity index (χ0n) is 12.3. The number of anilines is 1. The van der Waals surface area contributed by atoms with Gasteiger partial charge in [-0.2, -0.15) is 0 Å². The molecule has 2 fully saturated rings. The fraction of sp³-hybridized carbons (Fsp3) is 0.733. The summed E-state index contributed by atoms with van der Waals surface area (Å²) in [4.78, 5) is 18.9. The van der Waals surface area contributed by atoms with Gasteiger partial charge in [-0.3, -0.25) is 9.69 Å². The first kappa shape index (κ1) is 14.0. The van der Waals surface area contributed by atoms with Gasteiger partial charge in [-0.25, -0.2) is 4.98 Å². The summed E-state index contributed by atoms with van der Waals surface area (Å²) in [6.45, 7) is 7.68. The molecule has 1 saturated carbocycles. The Labute approximate surface area is 124 Å². The number of likely N-dealkylation sites (tertiary alicyclic amines) is 1. The van der Waals surface area contributed by atoms with Gasteiger partial charge < -0.3 is 5.32 Å². The van der Waals surface area contributed by atoms with E-state index in [-0.39, 0.29) is 11.8 Å². The first-order chi connectivity index (χ1) is 9.61. The number of nitrogens with one attached hydrogen (secondary N) is 1. The van der Waals surface area contributed by atoms with Gasteiger partial charge in [0.05, 0.1) is 5.69 Å². The number of carbonyl (C=O) groups excluding carboxylic acids is 1. The first-order valence-corrected chi connectivity index (χ1v) is 8.47. The van der Waals surface area contributed by atoms with Gasteiger partial charge in [0.15, 0.2) is 5.13 Å². The number of piperidine rings is 1. The van der Waals surface area contributed by atoms with E-state index in [4.69, 9.17) is 0 Å². The molecule has 1 aromatic rings. The molecular formula is C15H23N3OS. The van der Waals surface area contributed by atoms with Crippen molar-refractivity contribution in [1.82, 2.24) is 9.88 Å². The lowest BCUT2D eigenvalue weighted by Crippen LogP contribution is -2.33. The lowest BCUT2D eigenvalue weighted by Gasteiger charge is -2.30. The molecule has 2 aliphatic rings. The maximum Gasteiger partial charge on any atom is 0.229 e. The van der Waals surface area contributed by atoms with E-state index < -0.39 is 0 Å². The van der Waals surface area contributed by atoms with Gasteiger partial charge in [-0.05, 0) is 37.6 Å². The third kappa shape index (κ3) is 3.38. The third-order valence-electron chi connectivity index (χ3n) is 4.35. The molecule has 4 nitrogen and oxygen atoms in total. The third-order valence-corrected chi connectivity index (χ3v) is 5.16. The topological polar surface area (TPSA) is 45.2 Å². The molecule has 110 valence electrons. The molecule has 0 radical (unpaired) electrons. The molecule has 1 aliphatic carbocycles. The number of thiazole rings is 1. The van der Waals surface area contributed by atoms with Crippen LogP contribution in [0.15, 0.2) is 5.38 Å². The molecule has 3 atom stereocenters. The second-order valence-electron chi connectivity index (χ2n) is 6.44. The van der Waals surface area contributed by atoms with Crippen molar-refractivity contribution in [3.63, 3.8) is 0 Å². The number of nitrogens with zero attached hydrogens (tertiary/aromatic N) is 2. The van der Waals surface area contributed by atoms with E-state index in [0.29, 0.717) is 5.92 Å². The van der Waals surface area contributed by atoms with Crippen LogP contribution in [-0.4, -0.2) is 28.9 Å². The van der Waals surface area contributed by atoms with Crippen LogP contribution in [0.5, 0.6) is 0 Å². The standard InChI is InChI=1S/C15H23N3OS/c1-10-4-3-5-18(7-10)8-12-9-20-15(16-12)17-14(19)13-6-11(13)2/h9-11,13H,3-8H2,1-2H3,(H,16,17,19). The lowest BCUT2D eigenvalue weighted by atomic mass is 10.0. The average molecular weight is 293 g/mol. The van der Waals surface area contributed by atoms with Gasteiger partial charge in [0.1, 0.15) is 0 Å². The molecule has 3 rings (SSSR count). The van der Waals surface area contributed by atoms with E-state index in [2.05, 4.69) is 34.4 Å². The van der Waals surface area contributed by atoms with Crippen LogP contribution in [0.1, 0.15) is 38.8 Å². The van der Waals surface area contributed by atoms with E-state index in [1.54, 1.807) is 11.3 Å². The van der Waals surface area contributed by atoms with Crippen LogP contribution < -0.4 is 5.32 Å². The Bertz CT molecular complexity index is 487. The molecule has 3 unspecified atom stereocenters. The molecule has 0 spiro atoms. The highest BCUT2D eigenvalue weighted by Gasteiger charge is 2.39. The molecule has 1 aromatic heterocycles. The van der Waals surface area contributed by atoms with E-state index in [1.807, 2.05) is 0 Å². The Morgan fingerprint density at radius 2 is 2.35 bits per heavy atom. The fourth-order valence-electron chi connectivity index (χ4n) is 2.98. The van der Waals surface area contributed by atoms with E-state index in [9.17, 15) is 4.79 Å². The zero-order chi connectivity index (χ0) is 14.1. The highest BCUT2D eigenvalue weighted by atomic mass is 32.1. The number of hydrogen-bond donors (Lipinski definition) is 1. The van der Waals surface area contributed by atoms with Crippen molar-refractivity contribution in [2.75, 3.05) is 18.4 Å². The zero-order valence-corrected chi connectivity index (χ0v) is 13.1. The minimum atomic E-state index is 0.144. The minimum absolute atomic E-state index is 0.144. The summed E-state index contributed by atoms with van der Waals surface area (Å²) >= 11 is 1.54. The van der Waals surface area contributed by atoms with Gasteiger partial charge in [0.25, 0.3) is 0 Å². The van der Waals surface area contributed by atoms with Crippen LogP contribution in [0.3, 0.4) is 0 Å². The Morgan fingerprint density at radius 1 is 1.55 bits per heavy atom. The van der Waals surface area contributed by atoms with E-state index >= 15 is 0 Å². The highest BCUT2D eigenvalue weighted by Crippen LogP contribution is 2.38. The molecular weight excluding hydrogens is 270 g/mol. The second kappa shape index (κ2) is 5.82. The first-order valence-electron chi connectivity index (χ1n) is 7.59. The fourth-order valence-corrected chi connectivity index (χ4v) is 3.69. The Morgan fingerprint density at radius 3 is 3.05 bits per heavy atom. The van der Waals surface area contributed by atoms with Crippen molar-refractivity contribution < 1.29 is 4.79 Å². The minimum Gasteiger partial charge on any atom is -0.302 e. The molecule has 2 heterocycles. The maximum atomic E-state index is 11.9. The van der Waals surface area contributed by atoms with E-state index in [0.717, 1.165) is 29.7 Å². The SMILES string of the molecule is CC1CCCN(Cc2csc(NC(=O)C3CC3C)n2)C1. The smallest absolute Gasteiger partial charge is 0.229 e. The molecule has 1 amide bonds. The number of hydrogen-bond acceptors (Lipinski definition) is 4. The predicted molar refractivity (Wildman–Crippen MR) is 81.7 cm³/mol. The van der Waals surface area contributed by atoms with Gasteiger partial charge in [0, 0.05) is 24.4 Å². The summed E-state index contributed by atoms with van der Waals surface area (Å²) < 4.78 is 0. The Hall–Kier alpha value is -0.940. The van der Waals surface area contributed by atoms with Crippen molar-refractivity contribution in [3.05, 3.63) is 11.1 Å². The lowest BCUT2D eigenvalue weighted by molar-refractivity contribution is -0.117.